The second-order valence-electron chi connectivity index (χ2n) is 3.62. The average Bonchev–Trinajstić information content (AvgIpc) is 2.30. The van der Waals surface area contributed by atoms with Crippen LogP contribution in [0.5, 0.6) is 0 Å². The number of nitrogens with zero attached hydrogens (tertiary/aromatic N) is 2. The zero-order valence-electron chi connectivity index (χ0n) is 9.99. The van der Waals surface area contributed by atoms with E-state index in [2.05, 4.69) is 16.9 Å². The highest BCUT2D eigenvalue weighted by molar-refractivity contribution is 5.47. The van der Waals surface area contributed by atoms with Crippen LogP contribution < -0.4 is 10.2 Å². The number of hydrogen-bond donors (Lipinski definition) is 2. The van der Waals surface area contributed by atoms with Crippen LogP contribution in [0.4, 0.5) is 10.2 Å². The van der Waals surface area contributed by atoms with E-state index in [0.29, 0.717) is 25.5 Å². The molecule has 1 aromatic heterocycles. The summed E-state index contributed by atoms with van der Waals surface area (Å²) in [5, 5.41) is 12.0. The van der Waals surface area contributed by atoms with E-state index < -0.39 is 0 Å². The Morgan fingerprint density at radius 2 is 2.41 bits per heavy atom. The number of pyridine rings is 1. The molecule has 0 saturated heterocycles. The molecular formula is C12H18FN3O. The Balaban J connectivity index is 3.02. The summed E-state index contributed by atoms with van der Waals surface area (Å²) in [5.41, 5.74) is 0.766. The van der Waals surface area contributed by atoms with E-state index in [1.165, 1.54) is 12.3 Å². The highest BCUT2D eigenvalue weighted by Crippen LogP contribution is 2.18. The molecule has 0 amide bonds. The van der Waals surface area contributed by atoms with Gasteiger partial charge in [0.1, 0.15) is 11.6 Å². The Morgan fingerprint density at radius 3 is 3.00 bits per heavy atom. The van der Waals surface area contributed by atoms with Crippen molar-refractivity contribution in [2.24, 2.45) is 0 Å². The molecule has 17 heavy (non-hydrogen) atoms. The van der Waals surface area contributed by atoms with Crippen LogP contribution in [0.15, 0.2) is 24.9 Å². The smallest absolute Gasteiger partial charge is 0.141 e. The summed E-state index contributed by atoms with van der Waals surface area (Å²) in [6, 6.07) is 1.45. The van der Waals surface area contributed by atoms with E-state index in [9.17, 15) is 4.39 Å². The summed E-state index contributed by atoms with van der Waals surface area (Å²) >= 11 is 0. The fourth-order valence-corrected chi connectivity index (χ4v) is 1.64. The third kappa shape index (κ3) is 3.80. The average molecular weight is 239 g/mol. The van der Waals surface area contributed by atoms with Gasteiger partial charge in [0.2, 0.25) is 0 Å². The lowest BCUT2D eigenvalue weighted by atomic mass is 10.2. The number of nitrogens with one attached hydrogen (secondary N) is 1. The Hall–Kier alpha value is -1.46. The maximum Gasteiger partial charge on any atom is 0.141 e. The Morgan fingerprint density at radius 1 is 1.65 bits per heavy atom. The van der Waals surface area contributed by atoms with Gasteiger partial charge >= 0.3 is 0 Å². The van der Waals surface area contributed by atoms with E-state index in [1.54, 1.807) is 13.1 Å². The molecule has 4 nitrogen and oxygen atoms in total. The van der Waals surface area contributed by atoms with Crippen molar-refractivity contribution in [1.29, 1.82) is 0 Å². The van der Waals surface area contributed by atoms with Gasteiger partial charge in [0.05, 0.1) is 12.8 Å². The van der Waals surface area contributed by atoms with Crippen LogP contribution >= 0.6 is 0 Å². The molecule has 0 aliphatic carbocycles. The zero-order chi connectivity index (χ0) is 12.7. The predicted molar refractivity (Wildman–Crippen MR) is 66.5 cm³/mol. The number of hydrogen-bond acceptors (Lipinski definition) is 4. The van der Waals surface area contributed by atoms with Gasteiger partial charge < -0.3 is 15.3 Å². The maximum atomic E-state index is 13.1. The van der Waals surface area contributed by atoms with Gasteiger partial charge in [0.25, 0.3) is 0 Å². The van der Waals surface area contributed by atoms with Crippen molar-refractivity contribution in [3.8, 4) is 0 Å². The summed E-state index contributed by atoms with van der Waals surface area (Å²) in [7, 11) is 1.79. The molecule has 5 heteroatoms. The van der Waals surface area contributed by atoms with Gasteiger partial charge in [0.15, 0.2) is 0 Å². The maximum absolute atomic E-state index is 13.1. The highest BCUT2D eigenvalue weighted by atomic mass is 19.1. The minimum Gasteiger partial charge on any atom is -0.395 e. The second-order valence-corrected chi connectivity index (χ2v) is 3.62. The van der Waals surface area contributed by atoms with Crippen LogP contribution in [0.2, 0.25) is 0 Å². The number of halogens is 1. The molecule has 0 radical (unpaired) electrons. The summed E-state index contributed by atoms with van der Waals surface area (Å²) < 4.78 is 13.1. The molecule has 94 valence electrons. The summed E-state index contributed by atoms with van der Waals surface area (Å²) in [6.45, 7) is 5.22. The van der Waals surface area contributed by atoms with Crippen LogP contribution in [-0.2, 0) is 6.54 Å². The minimum absolute atomic E-state index is 0.0197. The Kier molecular flexibility index (Phi) is 5.59. The van der Waals surface area contributed by atoms with Gasteiger partial charge in [-0.2, -0.15) is 0 Å². The van der Waals surface area contributed by atoms with Crippen molar-refractivity contribution < 1.29 is 9.50 Å². The van der Waals surface area contributed by atoms with E-state index in [4.69, 9.17) is 5.11 Å². The highest BCUT2D eigenvalue weighted by Gasteiger charge is 2.12. The molecule has 0 aliphatic heterocycles. The van der Waals surface area contributed by atoms with Crippen molar-refractivity contribution in [3.05, 3.63) is 36.3 Å². The third-order valence-corrected chi connectivity index (χ3v) is 2.30. The normalized spacial score (nSPS) is 10.3. The quantitative estimate of drug-likeness (QED) is 0.695. The predicted octanol–water partition coefficient (Wildman–Crippen LogP) is 0.925. The van der Waals surface area contributed by atoms with Crippen LogP contribution in [0.3, 0.4) is 0 Å². The van der Waals surface area contributed by atoms with Crippen LogP contribution in [0.25, 0.3) is 0 Å². The zero-order valence-corrected chi connectivity index (χ0v) is 9.99. The first kappa shape index (κ1) is 13.6. The summed E-state index contributed by atoms with van der Waals surface area (Å²) in [5.74, 6) is 0.316. The first-order valence-corrected chi connectivity index (χ1v) is 5.48. The number of aliphatic hydroxyl groups excluding tert-OH is 1. The van der Waals surface area contributed by atoms with Gasteiger partial charge in [0, 0.05) is 25.2 Å². The molecule has 0 saturated carbocycles. The fraction of sp³-hybridized carbons (Fsp3) is 0.417. The molecule has 0 spiro atoms. The molecule has 0 unspecified atom stereocenters. The fourth-order valence-electron chi connectivity index (χ4n) is 1.64. The molecule has 1 heterocycles. The van der Waals surface area contributed by atoms with Crippen molar-refractivity contribution in [3.63, 3.8) is 0 Å². The lowest BCUT2D eigenvalue weighted by Crippen LogP contribution is -2.29. The van der Waals surface area contributed by atoms with E-state index in [0.717, 1.165) is 5.56 Å². The lowest BCUT2D eigenvalue weighted by Gasteiger charge is -2.23. The molecule has 0 fully saturated rings. The third-order valence-electron chi connectivity index (χ3n) is 2.30. The van der Waals surface area contributed by atoms with Crippen molar-refractivity contribution in [2.75, 3.05) is 31.6 Å². The molecule has 0 aliphatic rings. The van der Waals surface area contributed by atoms with E-state index in [1.807, 2.05) is 4.90 Å². The van der Waals surface area contributed by atoms with Gasteiger partial charge in [-0.1, -0.05) is 6.08 Å². The molecule has 1 aromatic rings. The standard InChI is InChI=1S/C12H18FN3O/c1-3-4-16(5-6-17)12-10(8-14-2)7-11(13)9-15-12/h3,7,9,14,17H,1,4-6,8H2,2H3. The monoisotopic (exact) mass is 239 g/mol. The molecule has 0 bridgehead atoms. The Bertz CT molecular complexity index is 371. The van der Waals surface area contributed by atoms with Gasteiger partial charge in [-0.25, -0.2) is 9.37 Å². The van der Waals surface area contributed by atoms with Crippen LogP contribution in [0.1, 0.15) is 5.56 Å². The Labute approximate surface area is 101 Å². The first-order chi connectivity index (χ1) is 8.22. The number of rotatable bonds is 7. The number of aromatic nitrogens is 1. The summed E-state index contributed by atoms with van der Waals surface area (Å²) in [6.07, 6.45) is 2.91. The van der Waals surface area contributed by atoms with Crippen molar-refractivity contribution in [1.82, 2.24) is 10.3 Å². The van der Waals surface area contributed by atoms with Gasteiger partial charge in [-0.15, -0.1) is 6.58 Å². The molecule has 0 aromatic carbocycles. The minimum atomic E-state index is -0.360. The molecule has 1 rings (SSSR count). The molecule has 2 N–H and O–H groups in total. The summed E-state index contributed by atoms with van der Waals surface area (Å²) in [4.78, 5) is 5.95. The lowest BCUT2D eigenvalue weighted by molar-refractivity contribution is 0.302. The van der Waals surface area contributed by atoms with Crippen LogP contribution in [0, 0.1) is 5.82 Å². The van der Waals surface area contributed by atoms with Gasteiger partial charge in [-0.3, -0.25) is 0 Å². The first-order valence-electron chi connectivity index (χ1n) is 5.48. The topological polar surface area (TPSA) is 48.4 Å². The largest absolute Gasteiger partial charge is 0.395 e. The second kappa shape index (κ2) is 6.98. The van der Waals surface area contributed by atoms with Gasteiger partial charge in [-0.05, 0) is 13.1 Å². The van der Waals surface area contributed by atoms with E-state index in [-0.39, 0.29) is 12.4 Å². The van der Waals surface area contributed by atoms with Crippen molar-refractivity contribution >= 4 is 5.82 Å². The van der Waals surface area contributed by atoms with Crippen molar-refractivity contribution in [2.45, 2.75) is 6.54 Å². The van der Waals surface area contributed by atoms with E-state index >= 15 is 0 Å². The molecule has 0 atom stereocenters. The SMILES string of the molecule is C=CCN(CCO)c1ncc(F)cc1CNC. The number of aliphatic hydroxyl groups is 1. The van der Waals surface area contributed by atoms with Crippen LogP contribution in [-0.4, -0.2) is 36.8 Å². The number of anilines is 1. The molecular weight excluding hydrogens is 221 g/mol.